The van der Waals surface area contributed by atoms with Crippen LogP contribution in [0.5, 0.6) is 5.75 Å². The van der Waals surface area contributed by atoms with Crippen molar-refractivity contribution in [1.29, 1.82) is 0 Å². The lowest BCUT2D eigenvalue weighted by molar-refractivity contribution is 0.151. The number of fused-ring (bicyclic) bond motifs is 1. The zero-order chi connectivity index (χ0) is 29.3. The fourth-order valence-electron chi connectivity index (χ4n) is 4.99. The lowest BCUT2D eigenvalue weighted by Gasteiger charge is -2.33. The Morgan fingerprint density at radius 3 is 2.49 bits per heavy atom. The molecule has 0 aliphatic carbocycles. The summed E-state index contributed by atoms with van der Waals surface area (Å²) in [6.45, 7) is 8.03. The Bertz CT molecular complexity index is 1720. The van der Waals surface area contributed by atoms with Gasteiger partial charge in [0, 0.05) is 46.7 Å². The van der Waals surface area contributed by atoms with Gasteiger partial charge in [-0.05, 0) is 36.7 Å². The van der Waals surface area contributed by atoms with Gasteiger partial charge in [0.05, 0.1) is 29.4 Å². The van der Waals surface area contributed by atoms with Crippen molar-refractivity contribution in [2.24, 2.45) is 7.05 Å². The molecule has 1 fully saturated rings. The molecule has 14 nitrogen and oxygen atoms in total. The Labute approximate surface area is 237 Å². The molecule has 1 saturated heterocycles. The molecule has 220 valence electrons. The SMILES string of the molecule is CCCc1c2nc(-c3cc(S(=O)(=O)N4CCN(CCO)CC4)ccc3OCC)n(C)c(=O)c2nn1-c1noc(C)n1. The van der Waals surface area contributed by atoms with Crippen molar-refractivity contribution in [2.45, 2.75) is 38.5 Å². The molecule has 4 aromatic rings. The number of ether oxygens (including phenoxy) is 1. The van der Waals surface area contributed by atoms with Gasteiger partial charge < -0.3 is 14.4 Å². The first-order chi connectivity index (χ1) is 19.7. The summed E-state index contributed by atoms with van der Waals surface area (Å²) < 4.78 is 42.6. The Morgan fingerprint density at radius 1 is 1.10 bits per heavy atom. The number of benzene rings is 1. The molecule has 0 amide bonds. The van der Waals surface area contributed by atoms with Crippen LogP contribution in [0, 0.1) is 6.92 Å². The summed E-state index contributed by atoms with van der Waals surface area (Å²) in [6.07, 6.45) is 1.28. The van der Waals surface area contributed by atoms with E-state index in [1.807, 2.05) is 18.7 Å². The van der Waals surface area contributed by atoms with E-state index in [9.17, 15) is 18.3 Å². The second-order valence-corrected chi connectivity index (χ2v) is 11.7. The van der Waals surface area contributed by atoms with Gasteiger partial charge in [-0.15, -0.1) is 0 Å². The molecular weight excluding hydrogens is 552 g/mol. The molecule has 41 heavy (non-hydrogen) atoms. The molecule has 1 aliphatic heterocycles. The molecule has 5 rings (SSSR count). The first-order valence-corrected chi connectivity index (χ1v) is 15.0. The second-order valence-electron chi connectivity index (χ2n) is 9.78. The van der Waals surface area contributed by atoms with Crippen LogP contribution in [0.2, 0.25) is 0 Å². The number of aromatic nitrogens is 6. The van der Waals surface area contributed by atoms with E-state index in [0.717, 1.165) is 6.42 Å². The number of hydrogen-bond acceptors (Lipinski definition) is 11. The van der Waals surface area contributed by atoms with Crippen molar-refractivity contribution < 1.29 is 22.8 Å². The zero-order valence-electron chi connectivity index (χ0n) is 23.6. The Balaban J connectivity index is 1.64. The largest absolute Gasteiger partial charge is 0.493 e. The third kappa shape index (κ3) is 5.37. The summed E-state index contributed by atoms with van der Waals surface area (Å²) in [5, 5.41) is 17.7. The van der Waals surface area contributed by atoms with E-state index in [1.165, 1.54) is 25.7 Å². The molecule has 4 heterocycles. The minimum atomic E-state index is -3.84. The number of aliphatic hydroxyl groups excluding tert-OH is 1. The minimum absolute atomic E-state index is 0.0265. The van der Waals surface area contributed by atoms with Gasteiger partial charge in [-0.2, -0.15) is 19.1 Å². The van der Waals surface area contributed by atoms with Gasteiger partial charge in [-0.3, -0.25) is 14.3 Å². The predicted molar refractivity (Wildman–Crippen MR) is 150 cm³/mol. The van der Waals surface area contributed by atoms with Gasteiger partial charge in [-0.1, -0.05) is 13.3 Å². The summed E-state index contributed by atoms with van der Waals surface area (Å²) in [6, 6.07) is 4.63. The van der Waals surface area contributed by atoms with E-state index in [4.69, 9.17) is 14.2 Å². The third-order valence-electron chi connectivity index (χ3n) is 7.07. The van der Waals surface area contributed by atoms with E-state index < -0.39 is 15.6 Å². The zero-order valence-corrected chi connectivity index (χ0v) is 24.4. The second kappa shape index (κ2) is 11.7. The van der Waals surface area contributed by atoms with E-state index >= 15 is 0 Å². The number of piperazine rings is 1. The van der Waals surface area contributed by atoms with Gasteiger partial charge in [0.25, 0.3) is 11.5 Å². The van der Waals surface area contributed by atoms with Crippen molar-refractivity contribution in [3.05, 3.63) is 40.1 Å². The van der Waals surface area contributed by atoms with Crippen LogP contribution in [0.15, 0.2) is 32.4 Å². The Morgan fingerprint density at radius 2 is 1.85 bits per heavy atom. The smallest absolute Gasteiger partial charge is 0.291 e. The molecule has 1 aliphatic rings. The fraction of sp³-hybridized carbons (Fsp3) is 0.500. The number of hydrogen-bond donors (Lipinski definition) is 1. The lowest BCUT2D eigenvalue weighted by atomic mass is 10.1. The van der Waals surface area contributed by atoms with Crippen molar-refractivity contribution >= 4 is 21.1 Å². The summed E-state index contributed by atoms with van der Waals surface area (Å²) in [5.41, 5.74) is 1.13. The first-order valence-electron chi connectivity index (χ1n) is 13.6. The lowest BCUT2D eigenvalue weighted by Crippen LogP contribution is -2.49. The summed E-state index contributed by atoms with van der Waals surface area (Å²) in [4.78, 5) is 24.8. The fourth-order valence-corrected chi connectivity index (χ4v) is 6.44. The monoisotopic (exact) mass is 586 g/mol. The number of sulfonamides is 1. The van der Waals surface area contributed by atoms with Crippen LogP contribution < -0.4 is 10.3 Å². The molecule has 1 aromatic carbocycles. The quantitative estimate of drug-likeness (QED) is 0.283. The van der Waals surface area contributed by atoms with E-state index in [-0.39, 0.29) is 28.8 Å². The van der Waals surface area contributed by atoms with Gasteiger partial charge in [0.1, 0.15) is 17.1 Å². The molecule has 0 bridgehead atoms. The molecule has 15 heteroatoms. The number of aliphatic hydroxyl groups is 1. The van der Waals surface area contributed by atoms with Crippen molar-refractivity contribution in [3.63, 3.8) is 0 Å². The topological polar surface area (TPSA) is 162 Å². The van der Waals surface area contributed by atoms with Gasteiger partial charge >= 0.3 is 0 Å². The minimum Gasteiger partial charge on any atom is -0.493 e. The molecule has 0 radical (unpaired) electrons. The maximum Gasteiger partial charge on any atom is 0.291 e. The van der Waals surface area contributed by atoms with E-state index in [2.05, 4.69) is 15.2 Å². The number of rotatable bonds is 10. The molecule has 3 aromatic heterocycles. The third-order valence-corrected chi connectivity index (χ3v) is 8.96. The Kier molecular flexibility index (Phi) is 8.22. The van der Waals surface area contributed by atoms with Gasteiger partial charge in [0.15, 0.2) is 5.52 Å². The van der Waals surface area contributed by atoms with Gasteiger partial charge in [-0.25, -0.2) is 13.4 Å². The summed E-state index contributed by atoms with van der Waals surface area (Å²) in [7, 11) is -2.28. The standard InChI is InChI=1S/C26H34N8O6S/c1-5-7-20-22-23(29-34(20)26-27-17(3)40-30-26)25(36)31(4)24(28-22)19-16-18(8-9-21(19)39-6-2)41(37,38)33-12-10-32(11-13-33)14-15-35/h8-9,16,35H,5-7,10-15H2,1-4H3. The Hall–Kier alpha value is -3.66. The average Bonchev–Trinajstić information content (AvgIpc) is 3.55. The normalized spacial score (nSPS) is 15.1. The average molecular weight is 587 g/mol. The molecule has 0 spiro atoms. The molecule has 0 atom stereocenters. The van der Waals surface area contributed by atoms with Crippen LogP contribution in [-0.2, 0) is 23.5 Å². The number of nitrogens with zero attached hydrogens (tertiary/aromatic N) is 8. The highest BCUT2D eigenvalue weighted by Crippen LogP contribution is 2.33. The highest BCUT2D eigenvalue weighted by atomic mass is 32.2. The highest BCUT2D eigenvalue weighted by Gasteiger charge is 2.30. The molecule has 1 N–H and O–H groups in total. The summed E-state index contributed by atoms with van der Waals surface area (Å²) >= 11 is 0. The van der Waals surface area contributed by atoms with Crippen molar-refractivity contribution in [2.75, 3.05) is 45.9 Å². The van der Waals surface area contributed by atoms with Crippen molar-refractivity contribution in [3.8, 4) is 23.1 Å². The van der Waals surface area contributed by atoms with E-state index in [1.54, 1.807) is 20.0 Å². The highest BCUT2D eigenvalue weighted by molar-refractivity contribution is 7.89. The van der Waals surface area contributed by atoms with Crippen LogP contribution in [0.3, 0.4) is 0 Å². The van der Waals surface area contributed by atoms with Crippen LogP contribution in [0.1, 0.15) is 31.9 Å². The van der Waals surface area contributed by atoms with E-state index in [0.29, 0.717) is 74.2 Å². The maximum atomic E-state index is 13.7. The molecule has 0 saturated carbocycles. The molecule has 0 unspecified atom stereocenters. The first kappa shape index (κ1) is 28.9. The molecular formula is C26H34N8O6S. The summed E-state index contributed by atoms with van der Waals surface area (Å²) in [5.74, 6) is 1.21. The van der Waals surface area contributed by atoms with Crippen LogP contribution in [-0.4, -0.2) is 98.1 Å². The van der Waals surface area contributed by atoms with Crippen LogP contribution >= 0.6 is 0 Å². The maximum absolute atomic E-state index is 13.7. The number of β-amino-alcohol motifs (C(OH)–C–C–N with tert-alkyl or cyclic N) is 1. The van der Waals surface area contributed by atoms with Gasteiger partial charge in [0.2, 0.25) is 15.9 Å². The predicted octanol–water partition coefficient (Wildman–Crippen LogP) is 1.13. The van der Waals surface area contributed by atoms with Crippen LogP contribution in [0.25, 0.3) is 28.4 Å². The van der Waals surface area contributed by atoms with Crippen molar-refractivity contribution in [1.82, 2.24) is 38.7 Å². The van der Waals surface area contributed by atoms with Crippen LogP contribution in [0.4, 0.5) is 0 Å². The number of aryl methyl sites for hydroxylation is 2.